The molecule has 2 aromatic carbocycles. The van der Waals surface area contributed by atoms with Crippen LogP contribution in [0.25, 0.3) is 5.69 Å². The third-order valence-corrected chi connectivity index (χ3v) is 3.88. The number of hydrogen-bond acceptors (Lipinski definition) is 2. The summed E-state index contributed by atoms with van der Waals surface area (Å²) < 4.78 is 15.3. The molecule has 1 heterocycles. The van der Waals surface area contributed by atoms with Crippen molar-refractivity contribution in [1.82, 2.24) is 9.78 Å². The van der Waals surface area contributed by atoms with E-state index < -0.39 is 5.82 Å². The highest BCUT2D eigenvalue weighted by Crippen LogP contribution is 2.24. The first-order valence-corrected chi connectivity index (χ1v) is 7.06. The van der Waals surface area contributed by atoms with E-state index in [-0.39, 0.29) is 15.8 Å². The summed E-state index contributed by atoms with van der Waals surface area (Å²) in [6.07, 6.45) is 1.55. The Morgan fingerprint density at radius 2 is 1.81 bits per heavy atom. The third-order valence-electron chi connectivity index (χ3n) is 3.07. The van der Waals surface area contributed by atoms with Crippen LogP contribution in [0, 0.1) is 5.82 Å². The van der Waals surface area contributed by atoms with Gasteiger partial charge in [0, 0.05) is 5.56 Å². The van der Waals surface area contributed by atoms with E-state index in [0.29, 0.717) is 5.69 Å². The molecule has 1 aromatic heterocycles. The Morgan fingerprint density at radius 1 is 1.05 bits per heavy atom. The minimum Gasteiger partial charge on any atom is -0.287 e. The summed E-state index contributed by atoms with van der Waals surface area (Å²) in [6, 6.07) is 15.3. The molecular weight excluding hydrogens is 335 g/mol. The lowest BCUT2D eigenvalue weighted by molar-refractivity contribution is 0.103. The van der Waals surface area contributed by atoms with Gasteiger partial charge < -0.3 is 0 Å². The van der Waals surface area contributed by atoms with E-state index in [2.05, 4.69) is 21.0 Å². The van der Waals surface area contributed by atoms with Crippen LogP contribution in [0.2, 0.25) is 0 Å². The topological polar surface area (TPSA) is 34.9 Å². The molecule has 3 aromatic rings. The van der Waals surface area contributed by atoms with Crippen molar-refractivity contribution in [2.24, 2.45) is 0 Å². The van der Waals surface area contributed by atoms with Crippen LogP contribution in [0.1, 0.15) is 16.1 Å². The Kier molecular flexibility index (Phi) is 3.66. The van der Waals surface area contributed by atoms with Crippen LogP contribution in [0.3, 0.4) is 0 Å². The van der Waals surface area contributed by atoms with Gasteiger partial charge in [0.25, 0.3) is 0 Å². The SMILES string of the molecule is O=C(c1cccc(F)c1Br)c1ccnn1-c1ccccc1. The lowest BCUT2D eigenvalue weighted by atomic mass is 10.1. The molecule has 0 unspecified atom stereocenters. The number of aromatic nitrogens is 2. The highest BCUT2D eigenvalue weighted by molar-refractivity contribution is 9.10. The molecule has 0 fully saturated rings. The van der Waals surface area contributed by atoms with E-state index >= 15 is 0 Å². The fraction of sp³-hybridized carbons (Fsp3) is 0. The van der Waals surface area contributed by atoms with Crippen molar-refractivity contribution in [3.8, 4) is 5.69 Å². The van der Waals surface area contributed by atoms with Crippen molar-refractivity contribution in [2.45, 2.75) is 0 Å². The fourth-order valence-corrected chi connectivity index (χ4v) is 2.51. The number of para-hydroxylation sites is 1. The Balaban J connectivity index is 2.08. The Morgan fingerprint density at radius 3 is 2.57 bits per heavy atom. The van der Waals surface area contributed by atoms with Gasteiger partial charge in [0.05, 0.1) is 16.4 Å². The summed E-state index contributed by atoms with van der Waals surface area (Å²) in [4.78, 5) is 12.6. The summed E-state index contributed by atoms with van der Waals surface area (Å²) >= 11 is 3.12. The van der Waals surface area contributed by atoms with E-state index in [9.17, 15) is 9.18 Å². The van der Waals surface area contributed by atoms with Crippen molar-refractivity contribution in [3.63, 3.8) is 0 Å². The molecule has 0 aliphatic carbocycles. The maximum atomic E-state index is 13.6. The maximum Gasteiger partial charge on any atom is 0.212 e. The molecular formula is C16H10BrFN2O. The second-order valence-corrected chi connectivity index (χ2v) is 5.19. The van der Waals surface area contributed by atoms with E-state index in [0.717, 1.165) is 5.69 Å². The number of nitrogens with zero attached hydrogens (tertiary/aromatic N) is 2. The van der Waals surface area contributed by atoms with Crippen LogP contribution >= 0.6 is 15.9 Å². The first kappa shape index (κ1) is 13.7. The second kappa shape index (κ2) is 5.61. The number of carbonyl (C=O) groups is 1. The summed E-state index contributed by atoms with van der Waals surface area (Å²) in [5, 5.41) is 4.17. The normalized spacial score (nSPS) is 10.6. The molecule has 3 rings (SSSR count). The number of halogens is 2. The van der Waals surface area contributed by atoms with Crippen LogP contribution in [0.15, 0.2) is 65.3 Å². The van der Waals surface area contributed by atoms with Crippen molar-refractivity contribution in [3.05, 3.63) is 82.3 Å². The summed E-state index contributed by atoms with van der Waals surface area (Å²) in [5.41, 5.74) is 1.43. The van der Waals surface area contributed by atoms with E-state index in [1.807, 2.05) is 30.3 Å². The number of ketones is 1. The van der Waals surface area contributed by atoms with Crippen LogP contribution < -0.4 is 0 Å². The molecule has 0 aliphatic rings. The average Bonchev–Trinajstić information content (AvgIpc) is 3.00. The van der Waals surface area contributed by atoms with E-state index in [4.69, 9.17) is 0 Å². The lowest BCUT2D eigenvalue weighted by Crippen LogP contribution is -2.11. The van der Waals surface area contributed by atoms with Gasteiger partial charge in [-0.3, -0.25) is 4.79 Å². The lowest BCUT2D eigenvalue weighted by Gasteiger charge is -2.08. The monoisotopic (exact) mass is 344 g/mol. The molecule has 0 aliphatic heterocycles. The first-order valence-electron chi connectivity index (χ1n) is 6.26. The molecule has 104 valence electrons. The molecule has 0 atom stereocenters. The van der Waals surface area contributed by atoms with Crippen molar-refractivity contribution in [2.75, 3.05) is 0 Å². The fourth-order valence-electron chi connectivity index (χ4n) is 2.07. The Hall–Kier alpha value is -2.27. The number of hydrogen-bond donors (Lipinski definition) is 0. The van der Waals surface area contributed by atoms with Crippen LogP contribution in [0.4, 0.5) is 4.39 Å². The predicted octanol–water partition coefficient (Wildman–Crippen LogP) is 4.00. The molecule has 0 amide bonds. The molecule has 0 saturated carbocycles. The zero-order chi connectivity index (χ0) is 14.8. The van der Waals surface area contributed by atoms with Crippen molar-refractivity contribution >= 4 is 21.7 Å². The zero-order valence-corrected chi connectivity index (χ0v) is 12.4. The van der Waals surface area contributed by atoms with Gasteiger partial charge in [0.15, 0.2) is 0 Å². The molecule has 5 heteroatoms. The highest BCUT2D eigenvalue weighted by Gasteiger charge is 2.19. The van der Waals surface area contributed by atoms with Crippen molar-refractivity contribution < 1.29 is 9.18 Å². The van der Waals surface area contributed by atoms with Gasteiger partial charge in [-0.15, -0.1) is 0 Å². The molecule has 0 N–H and O–H groups in total. The minimum absolute atomic E-state index is 0.163. The summed E-state index contributed by atoms with van der Waals surface area (Å²) in [6.45, 7) is 0. The molecule has 21 heavy (non-hydrogen) atoms. The third kappa shape index (κ3) is 2.52. The van der Waals surface area contributed by atoms with Gasteiger partial charge >= 0.3 is 0 Å². The summed E-state index contributed by atoms with van der Waals surface area (Å²) in [7, 11) is 0. The van der Waals surface area contributed by atoms with Crippen LogP contribution in [-0.2, 0) is 0 Å². The average molecular weight is 345 g/mol. The molecule has 0 radical (unpaired) electrons. The smallest absolute Gasteiger partial charge is 0.212 e. The molecule has 0 saturated heterocycles. The number of benzene rings is 2. The molecule has 0 spiro atoms. The quantitative estimate of drug-likeness (QED) is 0.673. The minimum atomic E-state index is -0.466. The van der Waals surface area contributed by atoms with Crippen LogP contribution in [0.5, 0.6) is 0 Å². The number of carbonyl (C=O) groups excluding carboxylic acids is 1. The van der Waals surface area contributed by atoms with E-state index in [1.54, 1.807) is 23.0 Å². The maximum absolute atomic E-state index is 13.6. The van der Waals surface area contributed by atoms with E-state index in [1.165, 1.54) is 12.1 Å². The standard InChI is InChI=1S/C16H10BrFN2O/c17-15-12(7-4-8-13(15)18)16(21)14-9-10-19-20(14)11-5-2-1-3-6-11/h1-10H. The first-order chi connectivity index (χ1) is 10.2. The second-order valence-electron chi connectivity index (χ2n) is 4.39. The van der Waals surface area contributed by atoms with Crippen LogP contribution in [-0.4, -0.2) is 15.6 Å². The van der Waals surface area contributed by atoms with Crippen molar-refractivity contribution in [1.29, 1.82) is 0 Å². The zero-order valence-electron chi connectivity index (χ0n) is 10.8. The highest BCUT2D eigenvalue weighted by atomic mass is 79.9. The van der Waals surface area contributed by atoms with Gasteiger partial charge in [-0.25, -0.2) is 9.07 Å². The number of rotatable bonds is 3. The van der Waals surface area contributed by atoms with Gasteiger partial charge in [0.1, 0.15) is 11.5 Å². The van der Waals surface area contributed by atoms with Gasteiger partial charge in [-0.1, -0.05) is 24.3 Å². The Bertz CT molecular complexity index is 799. The molecule has 3 nitrogen and oxygen atoms in total. The molecule has 0 bridgehead atoms. The predicted molar refractivity (Wildman–Crippen MR) is 81.1 cm³/mol. The Labute approximate surface area is 129 Å². The van der Waals surface area contributed by atoms with Gasteiger partial charge in [-0.05, 0) is 46.3 Å². The van der Waals surface area contributed by atoms with Gasteiger partial charge in [0.2, 0.25) is 5.78 Å². The van der Waals surface area contributed by atoms with Gasteiger partial charge in [-0.2, -0.15) is 5.10 Å². The summed E-state index contributed by atoms with van der Waals surface area (Å²) in [5.74, 6) is -0.755. The largest absolute Gasteiger partial charge is 0.287 e.